The molecule has 1 aromatic rings. The highest BCUT2D eigenvalue weighted by Crippen LogP contribution is 2.16. The van der Waals surface area contributed by atoms with Gasteiger partial charge in [-0.15, -0.1) is 0 Å². The fourth-order valence-electron chi connectivity index (χ4n) is 2.28. The van der Waals surface area contributed by atoms with Crippen LogP contribution in [-0.2, 0) is 35.2 Å². The van der Waals surface area contributed by atoms with Gasteiger partial charge in [-0.1, -0.05) is 18.2 Å². The number of anilines is 1. The molecule has 1 unspecified atom stereocenters. The van der Waals surface area contributed by atoms with E-state index in [1.807, 2.05) is 0 Å². The van der Waals surface area contributed by atoms with Crippen molar-refractivity contribution in [3.8, 4) is 0 Å². The summed E-state index contributed by atoms with van der Waals surface area (Å²) in [6.45, 7) is 14.6. The van der Waals surface area contributed by atoms with Crippen molar-refractivity contribution in [3.05, 3.63) is 29.8 Å². The third-order valence-corrected chi connectivity index (χ3v) is 3.94. The van der Waals surface area contributed by atoms with Crippen LogP contribution in [0.2, 0.25) is 0 Å². The van der Waals surface area contributed by atoms with Gasteiger partial charge in [0.05, 0.1) is 0 Å². The molecule has 37 heavy (non-hydrogen) atoms. The number of ether oxygens (including phenoxy) is 3. The minimum absolute atomic E-state index is 0.0552. The van der Waals surface area contributed by atoms with Crippen molar-refractivity contribution in [2.24, 2.45) is 0 Å². The van der Waals surface area contributed by atoms with Gasteiger partial charge in [0, 0.05) is 18.2 Å². The number of aliphatic carboxylic acids is 1. The molecule has 0 aliphatic carbocycles. The zero-order chi connectivity index (χ0) is 29.0. The number of benzene rings is 1. The maximum absolute atomic E-state index is 12.2. The second kappa shape index (κ2) is 14.7. The summed E-state index contributed by atoms with van der Waals surface area (Å²) in [7, 11) is 0. The number of esters is 1. The minimum Gasteiger partial charge on any atom is -0.480 e. The summed E-state index contributed by atoms with van der Waals surface area (Å²) < 4.78 is 14.9. The summed E-state index contributed by atoms with van der Waals surface area (Å²) >= 11 is 0. The molecule has 0 aliphatic heterocycles. The van der Waals surface area contributed by atoms with Crippen LogP contribution in [0, 0.1) is 0 Å². The van der Waals surface area contributed by atoms with E-state index >= 15 is 0 Å². The molecule has 0 heterocycles. The molecule has 1 aromatic carbocycles. The van der Waals surface area contributed by atoms with Crippen molar-refractivity contribution in [2.75, 3.05) is 5.32 Å². The highest BCUT2D eigenvalue weighted by molar-refractivity contribution is 5.96. The van der Waals surface area contributed by atoms with Crippen LogP contribution in [0.3, 0.4) is 0 Å². The lowest BCUT2D eigenvalue weighted by molar-refractivity contribution is -0.142. The Morgan fingerprint density at radius 3 is 1.73 bits per heavy atom. The van der Waals surface area contributed by atoms with Gasteiger partial charge in [0.1, 0.15) is 29.9 Å². The Morgan fingerprint density at radius 1 is 0.838 bits per heavy atom. The molecule has 0 bridgehead atoms. The molecule has 0 spiro atoms. The fraction of sp³-hybridized carbons (Fsp3) is 0.560. The van der Waals surface area contributed by atoms with E-state index in [2.05, 4.69) is 16.0 Å². The quantitative estimate of drug-likeness (QED) is 0.307. The molecule has 0 radical (unpaired) electrons. The lowest BCUT2D eigenvalue weighted by Crippen LogP contribution is -2.44. The molecule has 0 saturated heterocycles. The molecule has 2 atom stereocenters. The van der Waals surface area contributed by atoms with E-state index < -0.39 is 53.3 Å². The number of hydrogen-bond acceptors (Lipinski definition) is 8. The van der Waals surface area contributed by atoms with Crippen LogP contribution in [0.15, 0.2) is 24.3 Å². The molecule has 4 N–H and O–H groups in total. The molecular formula is C25H39N3O9. The Labute approximate surface area is 217 Å². The molecule has 0 aromatic heterocycles. The Bertz CT molecular complexity index is 949. The summed E-state index contributed by atoms with van der Waals surface area (Å²) in [6.07, 6.45) is -1.39. The van der Waals surface area contributed by atoms with E-state index in [4.69, 9.17) is 19.3 Å². The van der Waals surface area contributed by atoms with E-state index in [1.54, 1.807) is 72.7 Å². The molecule has 0 saturated carbocycles. The Hall–Kier alpha value is -3.83. The third-order valence-electron chi connectivity index (χ3n) is 3.94. The summed E-state index contributed by atoms with van der Waals surface area (Å²) in [4.78, 5) is 56.1. The van der Waals surface area contributed by atoms with E-state index in [0.717, 1.165) is 0 Å². The Kier molecular flexibility index (Phi) is 13.1. The van der Waals surface area contributed by atoms with Crippen molar-refractivity contribution in [1.82, 2.24) is 10.6 Å². The monoisotopic (exact) mass is 525 g/mol. The van der Waals surface area contributed by atoms with E-state index in [-0.39, 0.29) is 6.61 Å². The molecule has 0 aliphatic rings. The maximum atomic E-state index is 12.2. The van der Waals surface area contributed by atoms with Crippen molar-refractivity contribution < 1.29 is 43.3 Å². The molecular weight excluding hydrogens is 486 g/mol. The predicted octanol–water partition coefficient (Wildman–Crippen LogP) is 3.59. The molecule has 12 nitrogen and oxygen atoms in total. The summed E-state index contributed by atoms with van der Waals surface area (Å²) in [5.41, 5.74) is -0.0775. The number of carbonyl (C=O) groups excluding carboxylic acids is 4. The highest BCUT2D eigenvalue weighted by atomic mass is 16.6. The lowest BCUT2D eigenvalue weighted by Gasteiger charge is -2.22. The van der Waals surface area contributed by atoms with Crippen molar-refractivity contribution in [1.29, 1.82) is 0 Å². The van der Waals surface area contributed by atoms with Crippen LogP contribution in [0.1, 0.15) is 67.9 Å². The van der Waals surface area contributed by atoms with Gasteiger partial charge >= 0.3 is 24.1 Å². The first-order chi connectivity index (χ1) is 16.8. The average molecular weight is 526 g/mol. The van der Waals surface area contributed by atoms with Crippen molar-refractivity contribution in [2.45, 2.75) is 92.2 Å². The molecule has 0 fully saturated rings. The van der Waals surface area contributed by atoms with Crippen LogP contribution < -0.4 is 16.0 Å². The zero-order valence-corrected chi connectivity index (χ0v) is 22.9. The van der Waals surface area contributed by atoms with Gasteiger partial charge in [0.15, 0.2) is 0 Å². The number of alkyl carbamates (subject to hydrolysis) is 2. The largest absolute Gasteiger partial charge is 0.480 e. The number of amides is 3. The van der Waals surface area contributed by atoms with Crippen LogP contribution in [0.25, 0.3) is 0 Å². The summed E-state index contributed by atoms with van der Waals surface area (Å²) in [6, 6.07) is 5.23. The summed E-state index contributed by atoms with van der Waals surface area (Å²) in [5, 5.41) is 15.8. The standard InChI is InChI=1S/C17H24N2O5.C8H15NO4/c1-11(18-16(22)24-17(3,4)5)15(21)19-14-9-7-6-8-13(14)10-23-12(2)20;1-5(6(10)11)9-7(12)13-8(2,3)4/h6-9,11H,10H2,1-5H3,(H,18,22)(H,19,21);5H,1-4H3,(H,9,12)(H,10,11)/t11-;/m0./s1. The van der Waals surface area contributed by atoms with Crippen LogP contribution in [-0.4, -0.2) is 58.4 Å². The lowest BCUT2D eigenvalue weighted by atomic mass is 10.1. The number of carboxylic acids is 1. The first kappa shape index (κ1) is 33.2. The van der Waals surface area contributed by atoms with Gasteiger partial charge in [-0.05, 0) is 61.5 Å². The van der Waals surface area contributed by atoms with Crippen LogP contribution in [0.5, 0.6) is 0 Å². The predicted molar refractivity (Wildman–Crippen MR) is 136 cm³/mol. The van der Waals surface area contributed by atoms with Gasteiger partial charge in [0.25, 0.3) is 0 Å². The third kappa shape index (κ3) is 16.5. The van der Waals surface area contributed by atoms with Crippen molar-refractivity contribution in [3.63, 3.8) is 0 Å². The number of hydrogen-bond donors (Lipinski definition) is 4. The van der Waals surface area contributed by atoms with Gasteiger partial charge in [-0.25, -0.2) is 9.59 Å². The number of para-hydroxylation sites is 1. The Balaban J connectivity index is 0.000000845. The van der Waals surface area contributed by atoms with Crippen molar-refractivity contribution >= 4 is 35.7 Å². The van der Waals surface area contributed by atoms with Gasteiger partial charge in [-0.2, -0.15) is 0 Å². The number of rotatable bonds is 7. The average Bonchev–Trinajstić information content (AvgIpc) is 2.70. The molecule has 12 heteroatoms. The normalized spacial score (nSPS) is 12.5. The zero-order valence-electron chi connectivity index (χ0n) is 22.9. The molecule has 3 amide bonds. The van der Waals surface area contributed by atoms with E-state index in [1.165, 1.54) is 13.8 Å². The second-order valence-electron chi connectivity index (χ2n) is 10.0. The first-order valence-corrected chi connectivity index (χ1v) is 11.5. The van der Waals surface area contributed by atoms with E-state index in [0.29, 0.717) is 11.3 Å². The molecule has 208 valence electrons. The first-order valence-electron chi connectivity index (χ1n) is 11.5. The van der Waals surface area contributed by atoms with Crippen LogP contribution >= 0.6 is 0 Å². The Morgan fingerprint density at radius 2 is 1.30 bits per heavy atom. The smallest absolute Gasteiger partial charge is 0.408 e. The maximum Gasteiger partial charge on any atom is 0.408 e. The van der Waals surface area contributed by atoms with Crippen LogP contribution in [0.4, 0.5) is 15.3 Å². The number of nitrogens with one attached hydrogen (secondary N) is 3. The van der Waals surface area contributed by atoms with Gasteiger partial charge in [-0.3, -0.25) is 14.4 Å². The van der Waals surface area contributed by atoms with E-state index in [9.17, 15) is 24.0 Å². The summed E-state index contributed by atoms with van der Waals surface area (Å²) in [5.74, 6) is -1.90. The second-order valence-corrected chi connectivity index (χ2v) is 10.0. The highest BCUT2D eigenvalue weighted by Gasteiger charge is 2.22. The number of carboxylic acid groups (broad SMARTS) is 1. The minimum atomic E-state index is -1.09. The number of carbonyl (C=O) groups is 5. The fourth-order valence-corrected chi connectivity index (χ4v) is 2.28. The topological polar surface area (TPSA) is 169 Å². The van der Waals surface area contributed by atoms with Gasteiger partial charge < -0.3 is 35.3 Å². The van der Waals surface area contributed by atoms with Gasteiger partial charge in [0.2, 0.25) is 5.91 Å². The molecule has 1 rings (SSSR count). The SMILES string of the molecule is CC(=O)OCc1ccccc1NC(=O)[C@H](C)NC(=O)OC(C)(C)C.CC(NC(=O)OC(C)(C)C)C(=O)O.